The Morgan fingerprint density at radius 3 is 2.33 bits per heavy atom. The van der Waals surface area contributed by atoms with Crippen LogP contribution in [-0.2, 0) is 4.79 Å². The molecule has 1 N–H and O–H groups in total. The minimum Gasteiger partial charge on any atom is -0.356 e. The highest BCUT2D eigenvalue weighted by Gasteiger charge is 2.09. The van der Waals surface area contributed by atoms with Crippen molar-refractivity contribution in [2.24, 2.45) is 5.92 Å². The predicted molar refractivity (Wildman–Crippen MR) is 78.7 cm³/mol. The van der Waals surface area contributed by atoms with Crippen LogP contribution < -0.4 is 5.32 Å². The first-order chi connectivity index (χ1) is 8.57. The molecule has 0 fully saturated rings. The van der Waals surface area contributed by atoms with Crippen LogP contribution in [0.3, 0.4) is 0 Å². The molecule has 0 aliphatic carbocycles. The highest BCUT2D eigenvalue weighted by atomic mass is 16.1. The summed E-state index contributed by atoms with van der Waals surface area (Å²) in [6.45, 7) is 6.17. The van der Waals surface area contributed by atoms with Crippen LogP contribution in [0.4, 0.5) is 0 Å². The SMILES string of the molecule is CCCC(C)C(=O)NCCCCCCCN(C)C. The molecule has 0 bridgehead atoms. The Hall–Kier alpha value is -0.570. The van der Waals surface area contributed by atoms with Gasteiger partial charge in [-0.1, -0.05) is 39.5 Å². The van der Waals surface area contributed by atoms with E-state index in [1.54, 1.807) is 0 Å². The van der Waals surface area contributed by atoms with Crippen LogP contribution in [0.2, 0.25) is 0 Å². The summed E-state index contributed by atoms with van der Waals surface area (Å²) < 4.78 is 0. The molecule has 3 nitrogen and oxygen atoms in total. The number of rotatable bonds is 11. The van der Waals surface area contributed by atoms with Crippen molar-refractivity contribution in [3.63, 3.8) is 0 Å². The largest absolute Gasteiger partial charge is 0.356 e. The van der Waals surface area contributed by atoms with Gasteiger partial charge < -0.3 is 10.2 Å². The first-order valence-corrected chi connectivity index (χ1v) is 7.50. The molecule has 0 saturated carbocycles. The molecule has 0 aromatic heterocycles. The monoisotopic (exact) mass is 256 g/mol. The second-order valence-electron chi connectivity index (χ2n) is 5.55. The van der Waals surface area contributed by atoms with Crippen molar-refractivity contribution in [2.75, 3.05) is 27.2 Å². The van der Waals surface area contributed by atoms with E-state index >= 15 is 0 Å². The molecule has 0 aromatic carbocycles. The molecular weight excluding hydrogens is 224 g/mol. The number of hydrogen-bond donors (Lipinski definition) is 1. The maximum absolute atomic E-state index is 11.6. The molecule has 18 heavy (non-hydrogen) atoms. The quantitative estimate of drug-likeness (QED) is 0.576. The summed E-state index contributed by atoms with van der Waals surface area (Å²) in [5.41, 5.74) is 0. The molecule has 1 amide bonds. The van der Waals surface area contributed by atoms with Crippen LogP contribution in [0.1, 0.15) is 58.8 Å². The summed E-state index contributed by atoms with van der Waals surface area (Å²) in [6.07, 6.45) is 8.30. The van der Waals surface area contributed by atoms with Crippen molar-refractivity contribution in [3.8, 4) is 0 Å². The lowest BCUT2D eigenvalue weighted by Crippen LogP contribution is -2.29. The zero-order valence-corrected chi connectivity index (χ0v) is 12.8. The van der Waals surface area contributed by atoms with Gasteiger partial charge in [0.2, 0.25) is 5.91 Å². The lowest BCUT2D eigenvalue weighted by Gasteiger charge is -2.11. The van der Waals surface area contributed by atoms with Crippen LogP contribution in [0.25, 0.3) is 0 Å². The van der Waals surface area contributed by atoms with Crippen molar-refractivity contribution in [2.45, 2.75) is 58.8 Å². The van der Waals surface area contributed by atoms with Crippen molar-refractivity contribution in [1.29, 1.82) is 0 Å². The van der Waals surface area contributed by atoms with Crippen LogP contribution in [0.5, 0.6) is 0 Å². The molecule has 0 heterocycles. The molecule has 1 atom stereocenters. The third-order valence-electron chi connectivity index (χ3n) is 3.25. The van der Waals surface area contributed by atoms with E-state index in [0.717, 1.165) is 25.8 Å². The Bertz CT molecular complexity index is 205. The second kappa shape index (κ2) is 11.5. The Morgan fingerprint density at radius 2 is 1.72 bits per heavy atom. The third-order valence-corrected chi connectivity index (χ3v) is 3.25. The van der Waals surface area contributed by atoms with Gasteiger partial charge in [-0.15, -0.1) is 0 Å². The van der Waals surface area contributed by atoms with Gasteiger partial charge in [-0.05, 0) is 39.9 Å². The number of nitrogens with zero attached hydrogens (tertiary/aromatic N) is 1. The predicted octanol–water partition coefficient (Wildman–Crippen LogP) is 3.05. The van der Waals surface area contributed by atoms with E-state index in [9.17, 15) is 4.79 Å². The van der Waals surface area contributed by atoms with Crippen LogP contribution >= 0.6 is 0 Å². The van der Waals surface area contributed by atoms with Gasteiger partial charge >= 0.3 is 0 Å². The Kier molecular flexibility index (Phi) is 11.2. The van der Waals surface area contributed by atoms with Gasteiger partial charge in [0, 0.05) is 12.5 Å². The molecule has 108 valence electrons. The lowest BCUT2D eigenvalue weighted by molar-refractivity contribution is -0.124. The fourth-order valence-corrected chi connectivity index (χ4v) is 2.03. The number of hydrogen-bond acceptors (Lipinski definition) is 2. The zero-order chi connectivity index (χ0) is 13.8. The van der Waals surface area contributed by atoms with E-state index in [1.807, 2.05) is 6.92 Å². The molecule has 1 unspecified atom stereocenters. The van der Waals surface area contributed by atoms with Crippen molar-refractivity contribution >= 4 is 5.91 Å². The summed E-state index contributed by atoms with van der Waals surface area (Å²) in [4.78, 5) is 13.9. The van der Waals surface area contributed by atoms with Crippen LogP contribution in [-0.4, -0.2) is 38.0 Å². The first kappa shape index (κ1) is 17.4. The van der Waals surface area contributed by atoms with Gasteiger partial charge in [-0.25, -0.2) is 0 Å². The summed E-state index contributed by atoms with van der Waals surface area (Å²) >= 11 is 0. The molecule has 0 aromatic rings. The first-order valence-electron chi connectivity index (χ1n) is 7.50. The maximum Gasteiger partial charge on any atom is 0.222 e. The molecule has 0 radical (unpaired) electrons. The number of carbonyl (C=O) groups excluding carboxylic acids is 1. The maximum atomic E-state index is 11.6. The van der Waals surface area contributed by atoms with Crippen molar-refractivity contribution in [3.05, 3.63) is 0 Å². The van der Waals surface area contributed by atoms with E-state index in [4.69, 9.17) is 0 Å². The molecule has 0 aliphatic heterocycles. The number of unbranched alkanes of at least 4 members (excludes halogenated alkanes) is 4. The zero-order valence-electron chi connectivity index (χ0n) is 12.8. The average molecular weight is 256 g/mol. The van der Waals surface area contributed by atoms with Gasteiger partial charge in [-0.3, -0.25) is 4.79 Å². The Balaban J connectivity index is 3.27. The summed E-state index contributed by atoms with van der Waals surface area (Å²) in [6, 6.07) is 0. The minimum atomic E-state index is 0.176. The highest BCUT2D eigenvalue weighted by Crippen LogP contribution is 2.05. The molecular formula is C15H32N2O. The lowest BCUT2D eigenvalue weighted by atomic mass is 10.1. The molecule has 3 heteroatoms. The normalized spacial score (nSPS) is 12.7. The Morgan fingerprint density at radius 1 is 1.11 bits per heavy atom. The minimum absolute atomic E-state index is 0.176. The molecule has 0 aliphatic rings. The Labute approximate surface area is 113 Å². The fraction of sp³-hybridized carbons (Fsp3) is 0.933. The highest BCUT2D eigenvalue weighted by molar-refractivity contribution is 5.78. The van der Waals surface area contributed by atoms with Crippen molar-refractivity contribution < 1.29 is 4.79 Å². The summed E-state index contributed by atoms with van der Waals surface area (Å²) in [7, 11) is 4.24. The standard InChI is InChI=1S/C15H32N2O/c1-5-11-14(2)15(18)16-12-9-7-6-8-10-13-17(3)4/h14H,5-13H2,1-4H3,(H,16,18). The van der Waals surface area contributed by atoms with Gasteiger partial charge in [0.25, 0.3) is 0 Å². The number of carbonyl (C=O) groups is 1. The van der Waals surface area contributed by atoms with Crippen molar-refractivity contribution in [1.82, 2.24) is 10.2 Å². The fourth-order valence-electron chi connectivity index (χ4n) is 2.03. The number of nitrogens with one attached hydrogen (secondary N) is 1. The molecule has 0 saturated heterocycles. The summed E-state index contributed by atoms with van der Waals surface area (Å²) in [5, 5.41) is 3.03. The smallest absolute Gasteiger partial charge is 0.222 e. The van der Waals surface area contributed by atoms with Crippen LogP contribution in [0.15, 0.2) is 0 Å². The van der Waals surface area contributed by atoms with Crippen LogP contribution in [0, 0.1) is 5.92 Å². The van der Waals surface area contributed by atoms with Gasteiger partial charge in [0.05, 0.1) is 0 Å². The third kappa shape index (κ3) is 10.6. The summed E-state index contributed by atoms with van der Waals surface area (Å²) in [5.74, 6) is 0.402. The van der Waals surface area contributed by atoms with E-state index in [1.165, 1.54) is 32.2 Å². The van der Waals surface area contributed by atoms with Gasteiger partial charge in [0.1, 0.15) is 0 Å². The van der Waals surface area contributed by atoms with Gasteiger partial charge in [-0.2, -0.15) is 0 Å². The van der Waals surface area contributed by atoms with E-state index in [0.29, 0.717) is 0 Å². The van der Waals surface area contributed by atoms with E-state index < -0.39 is 0 Å². The molecule has 0 spiro atoms. The second-order valence-corrected chi connectivity index (χ2v) is 5.55. The van der Waals surface area contributed by atoms with E-state index in [-0.39, 0.29) is 11.8 Å². The topological polar surface area (TPSA) is 32.3 Å². The van der Waals surface area contributed by atoms with E-state index in [2.05, 4.69) is 31.2 Å². The molecule has 0 rings (SSSR count). The number of amides is 1. The average Bonchev–Trinajstić information content (AvgIpc) is 2.32. The van der Waals surface area contributed by atoms with Gasteiger partial charge in [0.15, 0.2) is 0 Å².